The van der Waals surface area contributed by atoms with Crippen molar-refractivity contribution in [2.75, 3.05) is 25.5 Å². The molecule has 1 heterocycles. The zero-order chi connectivity index (χ0) is 13.8. The van der Waals surface area contributed by atoms with E-state index >= 15 is 0 Å². The summed E-state index contributed by atoms with van der Waals surface area (Å²) < 4.78 is 5.08. The Hall–Kier alpha value is -1.42. The first-order valence-electron chi connectivity index (χ1n) is 6.49. The Kier molecular flexibility index (Phi) is 4.53. The number of amides is 2. The van der Waals surface area contributed by atoms with Crippen molar-refractivity contribution >= 4 is 23.3 Å². The molecule has 1 aromatic carbocycles. The average molecular weight is 283 g/mol. The largest absolute Gasteiger partial charge is 0.495 e. The Bertz CT molecular complexity index is 465. The van der Waals surface area contributed by atoms with Crippen LogP contribution in [0.5, 0.6) is 5.75 Å². The number of anilines is 1. The number of likely N-dealkylation sites (tertiary alicyclic amines) is 1. The molecule has 1 aromatic rings. The molecular weight excluding hydrogens is 264 g/mol. The smallest absolute Gasteiger partial charge is 0.321 e. The Morgan fingerprint density at radius 2 is 2.32 bits per heavy atom. The van der Waals surface area contributed by atoms with Gasteiger partial charge in [0, 0.05) is 18.8 Å². The Labute approximate surface area is 118 Å². The van der Waals surface area contributed by atoms with Crippen molar-refractivity contribution in [2.45, 2.75) is 19.8 Å². The lowest BCUT2D eigenvalue weighted by atomic mass is 10.0. The minimum atomic E-state index is -0.0622. The number of urea groups is 1. The zero-order valence-corrected chi connectivity index (χ0v) is 12.0. The van der Waals surface area contributed by atoms with Gasteiger partial charge < -0.3 is 15.0 Å². The van der Waals surface area contributed by atoms with Gasteiger partial charge in [-0.05, 0) is 37.0 Å². The van der Waals surface area contributed by atoms with Crippen molar-refractivity contribution < 1.29 is 9.53 Å². The Morgan fingerprint density at radius 3 is 2.95 bits per heavy atom. The molecule has 1 atom stereocenters. The average Bonchev–Trinajstić information content (AvgIpc) is 2.39. The van der Waals surface area contributed by atoms with E-state index in [2.05, 4.69) is 12.2 Å². The number of halogens is 1. The van der Waals surface area contributed by atoms with Crippen LogP contribution >= 0.6 is 11.6 Å². The molecular formula is C14H19ClN2O2. The fourth-order valence-electron chi connectivity index (χ4n) is 2.32. The maximum Gasteiger partial charge on any atom is 0.321 e. The van der Waals surface area contributed by atoms with E-state index in [0.717, 1.165) is 19.5 Å². The van der Waals surface area contributed by atoms with Crippen molar-refractivity contribution in [1.29, 1.82) is 0 Å². The number of methoxy groups -OCH3 is 1. The van der Waals surface area contributed by atoms with Gasteiger partial charge >= 0.3 is 6.03 Å². The van der Waals surface area contributed by atoms with Crippen LogP contribution in [0.2, 0.25) is 5.02 Å². The van der Waals surface area contributed by atoms with Crippen molar-refractivity contribution in [1.82, 2.24) is 4.90 Å². The first-order valence-corrected chi connectivity index (χ1v) is 6.87. The lowest BCUT2D eigenvalue weighted by Gasteiger charge is -2.30. The van der Waals surface area contributed by atoms with E-state index in [-0.39, 0.29) is 6.03 Å². The summed E-state index contributed by atoms with van der Waals surface area (Å²) in [6, 6.07) is 5.17. The molecule has 0 bridgehead atoms. The molecule has 0 aliphatic carbocycles. The van der Waals surface area contributed by atoms with Crippen LogP contribution in [0.4, 0.5) is 10.5 Å². The van der Waals surface area contributed by atoms with Gasteiger partial charge in [-0.1, -0.05) is 18.5 Å². The van der Waals surface area contributed by atoms with Gasteiger partial charge in [-0.15, -0.1) is 0 Å². The molecule has 0 unspecified atom stereocenters. The van der Waals surface area contributed by atoms with Crippen LogP contribution in [0, 0.1) is 5.92 Å². The molecule has 2 rings (SSSR count). The maximum atomic E-state index is 12.1. The summed E-state index contributed by atoms with van der Waals surface area (Å²) in [4.78, 5) is 14.0. The second-order valence-corrected chi connectivity index (χ2v) is 5.38. The maximum absolute atomic E-state index is 12.1. The first-order chi connectivity index (χ1) is 9.10. The summed E-state index contributed by atoms with van der Waals surface area (Å²) in [5.41, 5.74) is 0.689. The second kappa shape index (κ2) is 6.15. The van der Waals surface area contributed by atoms with Gasteiger partial charge in [0.05, 0.1) is 12.1 Å². The molecule has 0 radical (unpaired) electrons. The summed E-state index contributed by atoms with van der Waals surface area (Å²) in [6.07, 6.45) is 2.26. The van der Waals surface area contributed by atoms with Crippen LogP contribution < -0.4 is 10.1 Å². The standard InChI is InChI=1S/C14H19ClN2O2/c1-10-4-3-7-17(9-10)14(18)16-11-5-6-13(19-2)12(15)8-11/h5-6,8,10H,3-4,7,9H2,1-2H3,(H,16,18)/t10-/m1/s1. The number of rotatable bonds is 2. The first kappa shape index (κ1) is 14.0. The van der Waals surface area contributed by atoms with Gasteiger partial charge in [0.1, 0.15) is 5.75 Å². The normalized spacial score (nSPS) is 19.1. The van der Waals surface area contributed by atoms with E-state index < -0.39 is 0 Å². The van der Waals surface area contributed by atoms with Crippen LogP contribution in [-0.2, 0) is 0 Å². The van der Waals surface area contributed by atoms with Gasteiger partial charge in [-0.2, -0.15) is 0 Å². The fourth-order valence-corrected chi connectivity index (χ4v) is 2.58. The van der Waals surface area contributed by atoms with E-state index in [1.165, 1.54) is 6.42 Å². The van der Waals surface area contributed by atoms with Crippen molar-refractivity contribution in [3.05, 3.63) is 23.2 Å². The Balaban J connectivity index is 2.00. The van der Waals surface area contributed by atoms with Gasteiger partial charge in [0.2, 0.25) is 0 Å². The molecule has 5 heteroatoms. The molecule has 1 aliphatic rings. The van der Waals surface area contributed by atoms with Crippen LogP contribution in [-0.4, -0.2) is 31.1 Å². The molecule has 1 aliphatic heterocycles. The fraction of sp³-hybridized carbons (Fsp3) is 0.500. The highest BCUT2D eigenvalue weighted by molar-refractivity contribution is 6.32. The monoisotopic (exact) mass is 282 g/mol. The number of carbonyl (C=O) groups excluding carboxylic acids is 1. The highest BCUT2D eigenvalue weighted by Crippen LogP contribution is 2.27. The van der Waals surface area contributed by atoms with Crippen LogP contribution in [0.3, 0.4) is 0 Å². The molecule has 2 amide bonds. The third-order valence-corrected chi connectivity index (χ3v) is 3.64. The van der Waals surface area contributed by atoms with E-state index in [1.807, 2.05) is 4.90 Å². The lowest BCUT2D eigenvalue weighted by molar-refractivity contribution is 0.182. The van der Waals surface area contributed by atoms with Crippen LogP contribution in [0.1, 0.15) is 19.8 Å². The number of carbonyl (C=O) groups is 1. The number of nitrogens with zero attached hydrogens (tertiary/aromatic N) is 1. The van der Waals surface area contributed by atoms with Crippen molar-refractivity contribution in [2.24, 2.45) is 5.92 Å². The minimum absolute atomic E-state index is 0.0622. The van der Waals surface area contributed by atoms with Crippen molar-refractivity contribution in [3.8, 4) is 5.75 Å². The molecule has 1 saturated heterocycles. The number of nitrogens with one attached hydrogen (secondary N) is 1. The third-order valence-electron chi connectivity index (χ3n) is 3.35. The van der Waals surface area contributed by atoms with Crippen LogP contribution in [0.15, 0.2) is 18.2 Å². The second-order valence-electron chi connectivity index (χ2n) is 4.97. The SMILES string of the molecule is COc1ccc(NC(=O)N2CCC[C@@H](C)C2)cc1Cl. The van der Waals surface area contributed by atoms with E-state index in [9.17, 15) is 4.79 Å². The summed E-state index contributed by atoms with van der Waals surface area (Å²) in [5, 5.41) is 3.36. The molecule has 0 spiro atoms. The van der Waals surface area contributed by atoms with Gasteiger partial charge in [0.25, 0.3) is 0 Å². The molecule has 4 nitrogen and oxygen atoms in total. The van der Waals surface area contributed by atoms with Gasteiger partial charge in [-0.25, -0.2) is 4.79 Å². The molecule has 0 saturated carbocycles. The highest BCUT2D eigenvalue weighted by atomic mass is 35.5. The summed E-state index contributed by atoms with van der Waals surface area (Å²) in [6.45, 7) is 3.81. The van der Waals surface area contributed by atoms with Crippen LogP contribution in [0.25, 0.3) is 0 Å². The predicted octanol–water partition coefficient (Wildman–Crippen LogP) is 3.61. The van der Waals surface area contributed by atoms with E-state index in [4.69, 9.17) is 16.3 Å². The molecule has 1 fully saturated rings. The number of hydrogen-bond donors (Lipinski definition) is 1. The van der Waals surface area contributed by atoms with Crippen molar-refractivity contribution in [3.63, 3.8) is 0 Å². The summed E-state index contributed by atoms with van der Waals surface area (Å²) in [7, 11) is 1.56. The highest BCUT2D eigenvalue weighted by Gasteiger charge is 2.20. The van der Waals surface area contributed by atoms with Gasteiger partial charge in [0.15, 0.2) is 0 Å². The third kappa shape index (κ3) is 3.53. The molecule has 104 valence electrons. The summed E-state index contributed by atoms with van der Waals surface area (Å²) in [5.74, 6) is 1.17. The number of piperidine rings is 1. The molecule has 1 N–H and O–H groups in total. The zero-order valence-electron chi connectivity index (χ0n) is 11.3. The topological polar surface area (TPSA) is 41.6 Å². The summed E-state index contributed by atoms with van der Waals surface area (Å²) >= 11 is 6.03. The molecule has 0 aromatic heterocycles. The number of hydrogen-bond acceptors (Lipinski definition) is 2. The quantitative estimate of drug-likeness (QED) is 0.900. The number of benzene rings is 1. The Morgan fingerprint density at radius 1 is 1.53 bits per heavy atom. The number of ether oxygens (including phenoxy) is 1. The van der Waals surface area contributed by atoms with Gasteiger partial charge in [-0.3, -0.25) is 0 Å². The molecule has 19 heavy (non-hydrogen) atoms. The lowest BCUT2D eigenvalue weighted by Crippen LogP contribution is -2.41. The minimum Gasteiger partial charge on any atom is -0.495 e. The van der Waals surface area contributed by atoms with E-state index in [1.54, 1.807) is 25.3 Å². The van der Waals surface area contributed by atoms with E-state index in [0.29, 0.717) is 22.4 Å². The predicted molar refractivity (Wildman–Crippen MR) is 77.0 cm³/mol.